The molecule has 2 aromatic rings. The minimum atomic E-state index is -0.194. The number of benzene rings is 1. The third kappa shape index (κ3) is 4.44. The Morgan fingerprint density at radius 3 is 2.48 bits per heavy atom. The van der Waals surface area contributed by atoms with Crippen molar-refractivity contribution in [3.8, 4) is 5.75 Å². The van der Waals surface area contributed by atoms with Crippen LogP contribution < -0.4 is 10.5 Å². The molecule has 2 heterocycles. The van der Waals surface area contributed by atoms with Crippen molar-refractivity contribution in [1.82, 2.24) is 25.1 Å². The molecule has 1 aliphatic rings. The Balaban J connectivity index is 1.77. The quantitative estimate of drug-likeness (QED) is 0.793. The summed E-state index contributed by atoms with van der Waals surface area (Å²) in [5.74, 6) is 1.81. The van der Waals surface area contributed by atoms with Gasteiger partial charge in [0.25, 0.3) is 0 Å². The summed E-state index contributed by atoms with van der Waals surface area (Å²) >= 11 is 0. The van der Waals surface area contributed by atoms with Crippen LogP contribution in [0.2, 0.25) is 0 Å². The number of hydrogen-bond acceptors (Lipinski definition) is 6. The van der Waals surface area contributed by atoms with E-state index in [2.05, 4.69) is 34.3 Å². The van der Waals surface area contributed by atoms with E-state index in [0.29, 0.717) is 12.5 Å². The standard InChI is InChI=1S/C19H28N6O2/c1-13(2)17(24-10-8-15(9-11-24)18(20)26)19-21-22-23-25(19)12-14-4-6-16(27-3)7-5-14/h4-7,13,15,17H,8-12H2,1-3H3,(H2,20,26)/t17-/m0/s1. The van der Waals surface area contributed by atoms with Gasteiger partial charge in [0, 0.05) is 5.92 Å². The van der Waals surface area contributed by atoms with Crippen molar-refractivity contribution in [2.75, 3.05) is 20.2 Å². The summed E-state index contributed by atoms with van der Waals surface area (Å²) in [6.45, 7) is 6.61. The first-order valence-electron chi connectivity index (χ1n) is 9.42. The topological polar surface area (TPSA) is 99.2 Å². The van der Waals surface area contributed by atoms with Crippen LogP contribution >= 0.6 is 0 Å². The Bertz CT molecular complexity index is 750. The van der Waals surface area contributed by atoms with Gasteiger partial charge in [-0.3, -0.25) is 9.69 Å². The first-order chi connectivity index (χ1) is 13.0. The normalized spacial score (nSPS) is 17.2. The van der Waals surface area contributed by atoms with E-state index in [1.54, 1.807) is 7.11 Å². The lowest BCUT2D eigenvalue weighted by molar-refractivity contribution is -0.123. The number of primary amides is 1. The third-order valence-electron chi connectivity index (χ3n) is 5.27. The second-order valence-electron chi connectivity index (χ2n) is 7.44. The fourth-order valence-electron chi connectivity index (χ4n) is 3.79. The number of aromatic nitrogens is 4. The minimum absolute atomic E-state index is 0.0237. The number of piperidine rings is 1. The second-order valence-corrected chi connectivity index (χ2v) is 7.44. The number of carbonyl (C=O) groups is 1. The Morgan fingerprint density at radius 1 is 1.26 bits per heavy atom. The molecule has 0 radical (unpaired) electrons. The lowest BCUT2D eigenvalue weighted by atomic mass is 9.92. The number of hydrogen-bond donors (Lipinski definition) is 1. The van der Waals surface area contributed by atoms with Crippen LogP contribution in [-0.2, 0) is 11.3 Å². The van der Waals surface area contributed by atoms with Crippen molar-refractivity contribution < 1.29 is 9.53 Å². The number of tetrazole rings is 1. The van der Waals surface area contributed by atoms with Crippen molar-refractivity contribution in [2.24, 2.45) is 17.6 Å². The summed E-state index contributed by atoms with van der Waals surface area (Å²) in [6, 6.07) is 8.02. The highest BCUT2D eigenvalue weighted by Crippen LogP contribution is 2.31. The molecular formula is C19H28N6O2. The molecule has 1 aromatic carbocycles. The van der Waals surface area contributed by atoms with E-state index < -0.39 is 0 Å². The molecule has 27 heavy (non-hydrogen) atoms. The van der Waals surface area contributed by atoms with Gasteiger partial charge in [-0.25, -0.2) is 4.68 Å². The maximum absolute atomic E-state index is 11.5. The molecule has 0 bridgehead atoms. The van der Waals surface area contributed by atoms with Gasteiger partial charge in [-0.15, -0.1) is 5.10 Å². The van der Waals surface area contributed by atoms with Gasteiger partial charge in [0.2, 0.25) is 5.91 Å². The van der Waals surface area contributed by atoms with Gasteiger partial charge in [-0.2, -0.15) is 0 Å². The summed E-state index contributed by atoms with van der Waals surface area (Å²) in [4.78, 5) is 13.8. The molecule has 1 amide bonds. The van der Waals surface area contributed by atoms with Gasteiger partial charge in [0.05, 0.1) is 19.7 Å². The molecule has 8 heteroatoms. The summed E-state index contributed by atoms with van der Waals surface area (Å²) in [5, 5.41) is 12.5. The van der Waals surface area contributed by atoms with Crippen molar-refractivity contribution >= 4 is 5.91 Å². The third-order valence-corrected chi connectivity index (χ3v) is 5.27. The largest absolute Gasteiger partial charge is 0.497 e. The van der Waals surface area contributed by atoms with Crippen molar-refractivity contribution in [3.63, 3.8) is 0 Å². The van der Waals surface area contributed by atoms with Crippen LogP contribution in [0.1, 0.15) is 44.1 Å². The number of methoxy groups -OCH3 is 1. The average Bonchev–Trinajstić information content (AvgIpc) is 3.10. The summed E-state index contributed by atoms with van der Waals surface area (Å²) in [6.07, 6.45) is 1.58. The molecule has 0 aliphatic carbocycles. The van der Waals surface area contributed by atoms with Crippen LogP contribution in [0.15, 0.2) is 24.3 Å². The fourth-order valence-corrected chi connectivity index (χ4v) is 3.79. The number of likely N-dealkylation sites (tertiary alicyclic amines) is 1. The molecule has 2 N–H and O–H groups in total. The zero-order valence-corrected chi connectivity index (χ0v) is 16.2. The maximum atomic E-state index is 11.5. The summed E-state index contributed by atoms with van der Waals surface area (Å²) < 4.78 is 7.08. The molecule has 8 nitrogen and oxygen atoms in total. The van der Waals surface area contributed by atoms with Crippen LogP contribution in [0, 0.1) is 11.8 Å². The maximum Gasteiger partial charge on any atom is 0.220 e. The number of nitrogens with two attached hydrogens (primary N) is 1. The van der Waals surface area contributed by atoms with E-state index in [1.807, 2.05) is 28.9 Å². The zero-order chi connectivity index (χ0) is 19.4. The van der Waals surface area contributed by atoms with Gasteiger partial charge in [-0.1, -0.05) is 26.0 Å². The average molecular weight is 372 g/mol. The molecule has 1 aliphatic heterocycles. The van der Waals surface area contributed by atoms with E-state index >= 15 is 0 Å². The summed E-state index contributed by atoms with van der Waals surface area (Å²) in [7, 11) is 1.66. The Hall–Kier alpha value is -2.48. The second kappa shape index (κ2) is 8.47. The fraction of sp³-hybridized carbons (Fsp3) is 0.579. The Kier molecular flexibility index (Phi) is 6.05. The van der Waals surface area contributed by atoms with E-state index in [0.717, 1.165) is 43.1 Å². The number of ether oxygens (including phenoxy) is 1. The minimum Gasteiger partial charge on any atom is -0.497 e. The summed E-state index contributed by atoms with van der Waals surface area (Å²) in [5.41, 5.74) is 6.58. The highest BCUT2D eigenvalue weighted by Gasteiger charge is 2.33. The van der Waals surface area contributed by atoms with Crippen LogP contribution in [0.4, 0.5) is 0 Å². The number of rotatable bonds is 7. The number of carbonyl (C=O) groups excluding carboxylic acids is 1. The zero-order valence-electron chi connectivity index (χ0n) is 16.2. The van der Waals surface area contributed by atoms with Gasteiger partial charge in [0.1, 0.15) is 5.75 Å². The molecule has 146 valence electrons. The van der Waals surface area contributed by atoms with Crippen molar-refractivity contribution in [3.05, 3.63) is 35.7 Å². The molecule has 1 saturated heterocycles. The van der Waals surface area contributed by atoms with E-state index in [-0.39, 0.29) is 17.9 Å². The van der Waals surface area contributed by atoms with Gasteiger partial charge >= 0.3 is 0 Å². The number of amides is 1. The van der Waals surface area contributed by atoms with Crippen LogP contribution in [0.25, 0.3) is 0 Å². The Labute approximate surface area is 159 Å². The highest BCUT2D eigenvalue weighted by molar-refractivity contribution is 5.76. The predicted octanol–water partition coefficient (Wildman–Crippen LogP) is 1.62. The SMILES string of the molecule is COc1ccc(Cn2nnnc2[C@H](C(C)C)N2CCC(C(N)=O)CC2)cc1. The lowest BCUT2D eigenvalue weighted by Gasteiger charge is -2.38. The molecule has 3 rings (SSSR count). The molecule has 1 aromatic heterocycles. The van der Waals surface area contributed by atoms with Gasteiger partial charge < -0.3 is 10.5 Å². The van der Waals surface area contributed by atoms with E-state index in [4.69, 9.17) is 10.5 Å². The van der Waals surface area contributed by atoms with Gasteiger partial charge in [0.15, 0.2) is 5.82 Å². The molecule has 0 saturated carbocycles. The number of nitrogens with zero attached hydrogens (tertiary/aromatic N) is 5. The monoisotopic (exact) mass is 372 g/mol. The van der Waals surface area contributed by atoms with Gasteiger partial charge in [-0.05, 0) is 60.0 Å². The molecule has 0 spiro atoms. The molecule has 1 atom stereocenters. The highest BCUT2D eigenvalue weighted by atomic mass is 16.5. The lowest BCUT2D eigenvalue weighted by Crippen LogP contribution is -2.42. The van der Waals surface area contributed by atoms with Crippen molar-refractivity contribution in [1.29, 1.82) is 0 Å². The molecule has 1 fully saturated rings. The van der Waals surface area contributed by atoms with Crippen LogP contribution in [0.5, 0.6) is 5.75 Å². The van der Waals surface area contributed by atoms with Crippen LogP contribution in [0.3, 0.4) is 0 Å². The van der Waals surface area contributed by atoms with Crippen molar-refractivity contribution in [2.45, 2.75) is 39.3 Å². The van der Waals surface area contributed by atoms with E-state index in [9.17, 15) is 4.79 Å². The van der Waals surface area contributed by atoms with Crippen LogP contribution in [-0.4, -0.2) is 51.2 Å². The first kappa shape index (κ1) is 19.3. The smallest absolute Gasteiger partial charge is 0.220 e. The first-order valence-corrected chi connectivity index (χ1v) is 9.42. The Morgan fingerprint density at radius 2 is 1.93 bits per heavy atom. The predicted molar refractivity (Wildman–Crippen MR) is 101 cm³/mol. The molecule has 0 unspecified atom stereocenters. The molecular weight excluding hydrogens is 344 g/mol. The van der Waals surface area contributed by atoms with E-state index in [1.165, 1.54) is 0 Å².